The fourth-order valence-corrected chi connectivity index (χ4v) is 3.39. The van der Waals surface area contributed by atoms with Gasteiger partial charge in [-0.1, -0.05) is 0 Å². The van der Waals surface area contributed by atoms with Crippen LogP contribution in [0.5, 0.6) is 0 Å². The number of aliphatic hydroxyl groups excluding tert-OH is 1. The summed E-state index contributed by atoms with van der Waals surface area (Å²) in [6, 6.07) is 1.35. The minimum Gasteiger partial charge on any atom is -0.462 e. The summed E-state index contributed by atoms with van der Waals surface area (Å²) in [7, 11) is -3.61. The lowest BCUT2D eigenvalue weighted by Gasteiger charge is -2.22. The quantitative estimate of drug-likeness (QED) is 0.841. The van der Waals surface area contributed by atoms with Crippen molar-refractivity contribution in [3.63, 3.8) is 0 Å². The van der Waals surface area contributed by atoms with Crippen LogP contribution in [0.4, 0.5) is 0 Å². The van der Waals surface area contributed by atoms with Crippen LogP contribution in [-0.4, -0.2) is 32.8 Å². The highest BCUT2D eigenvalue weighted by atomic mass is 32.2. The molecule has 19 heavy (non-hydrogen) atoms. The van der Waals surface area contributed by atoms with Crippen molar-refractivity contribution < 1.29 is 22.7 Å². The van der Waals surface area contributed by atoms with Gasteiger partial charge in [-0.2, -0.15) is 0 Å². The third-order valence-electron chi connectivity index (χ3n) is 3.14. The maximum absolute atomic E-state index is 12.1. The highest BCUT2D eigenvalue weighted by Gasteiger charge is 2.23. The van der Waals surface area contributed by atoms with Crippen LogP contribution < -0.4 is 4.72 Å². The second kappa shape index (κ2) is 6.04. The van der Waals surface area contributed by atoms with E-state index in [1.807, 2.05) is 0 Å². The number of nitrogens with one attached hydrogen (secondary N) is 1. The first-order chi connectivity index (χ1) is 9.03. The number of hydrogen-bond donors (Lipinski definition) is 2. The summed E-state index contributed by atoms with van der Waals surface area (Å²) in [6.07, 6.45) is 2.90. The van der Waals surface area contributed by atoms with Crippen LogP contribution in [0.15, 0.2) is 15.4 Å². The highest BCUT2D eigenvalue weighted by molar-refractivity contribution is 7.89. The third kappa shape index (κ3) is 3.56. The van der Waals surface area contributed by atoms with Crippen LogP contribution in [0, 0.1) is 6.92 Å². The molecule has 1 unspecified atom stereocenters. The van der Waals surface area contributed by atoms with Crippen LogP contribution in [0.1, 0.15) is 30.8 Å². The number of ether oxygens (including phenoxy) is 1. The fourth-order valence-electron chi connectivity index (χ4n) is 2.12. The van der Waals surface area contributed by atoms with E-state index in [4.69, 9.17) is 14.3 Å². The molecule has 1 fully saturated rings. The highest BCUT2D eigenvalue weighted by Crippen LogP contribution is 2.20. The summed E-state index contributed by atoms with van der Waals surface area (Å²) in [5.41, 5.74) is 0. The SMILES string of the molecule is Cc1oc(CO)cc1S(=O)(=O)NCC1CCCCO1. The molecule has 0 saturated carbocycles. The summed E-state index contributed by atoms with van der Waals surface area (Å²) in [5.74, 6) is 0.521. The van der Waals surface area contributed by atoms with Gasteiger partial charge in [0.2, 0.25) is 10.0 Å². The normalized spacial score (nSPS) is 20.6. The van der Waals surface area contributed by atoms with Crippen molar-refractivity contribution in [2.24, 2.45) is 0 Å². The Morgan fingerprint density at radius 3 is 2.84 bits per heavy atom. The maximum atomic E-state index is 12.1. The van der Waals surface area contributed by atoms with Gasteiger partial charge in [0.25, 0.3) is 0 Å². The largest absolute Gasteiger partial charge is 0.462 e. The number of sulfonamides is 1. The van der Waals surface area contributed by atoms with Crippen molar-refractivity contribution in [3.05, 3.63) is 17.6 Å². The summed E-state index contributed by atoms with van der Waals surface area (Å²) in [6.45, 7) is 2.19. The van der Waals surface area contributed by atoms with Gasteiger partial charge in [0.15, 0.2) is 0 Å². The molecule has 1 saturated heterocycles. The Bertz CT molecular complexity index is 516. The number of hydrogen-bond acceptors (Lipinski definition) is 5. The van der Waals surface area contributed by atoms with Crippen molar-refractivity contribution in [2.75, 3.05) is 13.2 Å². The molecule has 1 aliphatic rings. The molecule has 108 valence electrons. The van der Waals surface area contributed by atoms with E-state index in [1.54, 1.807) is 6.92 Å². The minimum absolute atomic E-state index is 0.0620. The zero-order valence-electron chi connectivity index (χ0n) is 10.9. The Morgan fingerprint density at radius 1 is 1.47 bits per heavy atom. The number of rotatable bonds is 5. The minimum atomic E-state index is -3.61. The van der Waals surface area contributed by atoms with Gasteiger partial charge in [0, 0.05) is 19.2 Å². The van der Waals surface area contributed by atoms with Gasteiger partial charge < -0.3 is 14.3 Å². The molecule has 2 rings (SSSR count). The van der Waals surface area contributed by atoms with Crippen molar-refractivity contribution in [1.29, 1.82) is 0 Å². The Labute approximate surface area is 112 Å². The molecule has 1 aliphatic heterocycles. The molecule has 1 atom stereocenters. The zero-order valence-corrected chi connectivity index (χ0v) is 11.7. The van der Waals surface area contributed by atoms with Gasteiger partial charge >= 0.3 is 0 Å². The summed E-state index contributed by atoms with van der Waals surface area (Å²) < 4.78 is 37.4. The fraction of sp³-hybridized carbons (Fsp3) is 0.667. The van der Waals surface area contributed by atoms with Gasteiger partial charge in [-0.05, 0) is 26.2 Å². The molecule has 0 radical (unpaired) electrons. The molecule has 0 bridgehead atoms. The van der Waals surface area contributed by atoms with E-state index >= 15 is 0 Å². The van der Waals surface area contributed by atoms with Crippen molar-refractivity contribution in [1.82, 2.24) is 4.72 Å². The van der Waals surface area contributed by atoms with Gasteiger partial charge in [-0.15, -0.1) is 0 Å². The Kier molecular flexibility index (Phi) is 4.62. The topological polar surface area (TPSA) is 88.8 Å². The Balaban J connectivity index is 2.02. The van der Waals surface area contributed by atoms with Crippen molar-refractivity contribution >= 4 is 10.0 Å². The van der Waals surface area contributed by atoms with Crippen LogP contribution in [-0.2, 0) is 21.4 Å². The van der Waals surface area contributed by atoms with Crippen LogP contribution in [0.25, 0.3) is 0 Å². The van der Waals surface area contributed by atoms with E-state index in [9.17, 15) is 8.42 Å². The molecule has 2 heterocycles. The van der Waals surface area contributed by atoms with Gasteiger partial charge in [0.05, 0.1) is 6.10 Å². The maximum Gasteiger partial charge on any atom is 0.244 e. The van der Waals surface area contributed by atoms with E-state index in [0.29, 0.717) is 6.61 Å². The average Bonchev–Trinajstić information content (AvgIpc) is 2.80. The van der Waals surface area contributed by atoms with Crippen molar-refractivity contribution in [3.8, 4) is 0 Å². The average molecular weight is 289 g/mol. The molecule has 0 amide bonds. The number of aliphatic hydroxyl groups is 1. The lowest BCUT2D eigenvalue weighted by molar-refractivity contribution is 0.0200. The van der Waals surface area contributed by atoms with Gasteiger partial charge in [-0.3, -0.25) is 0 Å². The first-order valence-electron chi connectivity index (χ1n) is 6.34. The van der Waals surface area contributed by atoms with Gasteiger partial charge in [-0.25, -0.2) is 13.1 Å². The predicted octanol–water partition coefficient (Wildman–Crippen LogP) is 0.928. The van der Waals surface area contributed by atoms with E-state index in [0.717, 1.165) is 19.3 Å². The van der Waals surface area contributed by atoms with E-state index in [1.165, 1.54) is 6.07 Å². The molecule has 0 aliphatic carbocycles. The number of furan rings is 1. The van der Waals surface area contributed by atoms with Gasteiger partial charge in [0.1, 0.15) is 23.0 Å². The molecule has 1 aromatic heterocycles. The monoisotopic (exact) mass is 289 g/mol. The Morgan fingerprint density at radius 2 is 2.26 bits per heavy atom. The molecule has 1 aromatic rings. The van der Waals surface area contributed by atoms with Crippen LogP contribution in [0.3, 0.4) is 0 Å². The van der Waals surface area contributed by atoms with Crippen molar-refractivity contribution in [2.45, 2.75) is 43.8 Å². The first-order valence-corrected chi connectivity index (χ1v) is 7.82. The first kappa shape index (κ1) is 14.5. The third-order valence-corrected chi connectivity index (χ3v) is 4.67. The summed E-state index contributed by atoms with van der Waals surface area (Å²) >= 11 is 0. The number of aryl methyl sites for hydroxylation is 1. The molecule has 0 aromatic carbocycles. The zero-order chi connectivity index (χ0) is 13.9. The van der Waals surface area contributed by atoms with E-state index in [2.05, 4.69) is 4.72 Å². The van der Waals surface area contributed by atoms with E-state index in [-0.39, 0.29) is 35.7 Å². The van der Waals surface area contributed by atoms with E-state index < -0.39 is 10.0 Å². The van der Waals surface area contributed by atoms with Crippen LogP contribution >= 0.6 is 0 Å². The molecular weight excluding hydrogens is 270 g/mol. The standard InChI is InChI=1S/C12H19NO5S/c1-9-12(6-11(8-14)18-9)19(15,16)13-7-10-4-2-3-5-17-10/h6,10,13-14H,2-5,7-8H2,1H3. The lowest BCUT2D eigenvalue weighted by atomic mass is 10.1. The molecular formula is C12H19NO5S. The molecule has 6 nitrogen and oxygen atoms in total. The summed E-state index contributed by atoms with van der Waals surface area (Å²) in [4.78, 5) is 0.0763. The Hall–Kier alpha value is -0.890. The van der Waals surface area contributed by atoms with Crippen LogP contribution in [0.2, 0.25) is 0 Å². The molecule has 2 N–H and O–H groups in total. The molecule has 7 heteroatoms. The second-order valence-corrected chi connectivity index (χ2v) is 6.37. The molecule has 0 spiro atoms. The smallest absolute Gasteiger partial charge is 0.244 e. The second-order valence-electron chi connectivity index (χ2n) is 4.63. The lowest BCUT2D eigenvalue weighted by Crippen LogP contribution is -2.35. The summed E-state index contributed by atoms with van der Waals surface area (Å²) in [5, 5.41) is 8.95. The predicted molar refractivity (Wildman–Crippen MR) is 68.1 cm³/mol.